The van der Waals surface area contributed by atoms with Crippen molar-refractivity contribution >= 4 is 25.3 Å². The monoisotopic (exact) mass is 476 g/mol. The SMILES string of the molecule is CCc1nc(C)cn2nc(C3=CC(=O)N4C=C(N5CCC(N6CCCC6)CC5)C=CC4P3)cc12. The number of rotatable bonds is 4. The van der Waals surface area contributed by atoms with Crippen molar-refractivity contribution in [2.75, 3.05) is 26.2 Å². The second-order valence-electron chi connectivity index (χ2n) is 9.81. The molecule has 2 saturated heterocycles. The Balaban J connectivity index is 1.19. The van der Waals surface area contributed by atoms with Crippen LogP contribution in [0, 0.1) is 6.92 Å². The minimum atomic E-state index is 0.0506. The van der Waals surface area contributed by atoms with Crippen LogP contribution in [0.4, 0.5) is 0 Å². The van der Waals surface area contributed by atoms with E-state index in [4.69, 9.17) is 5.10 Å². The number of nitrogens with zero attached hydrogens (tertiary/aromatic N) is 6. The van der Waals surface area contributed by atoms with E-state index in [0.29, 0.717) is 8.58 Å². The molecule has 0 saturated carbocycles. The zero-order valence-corrected chi connectivity index (χ0v) is 21.1. The van der Waals surface area contributed by atoms with Gasteiger partial charge in [-0.1, -0.05) is 21.6 Å². The van der Waals surface area contributed by atoms with Crippen LogP contribution in [-0.2, 0) is 11.2 Å². The standard InChI is InChI=1S/C26H33N6OP/c1-3-21-23-14-22(28-32(23)16-18(2)27-21)24-15-25(33)31-17-20(6-7-26(31)34-24)30-12-8-19(9-13-30)29-10-4-5-11-29/h6-7,14-17,19,26,34H,3-5,8-13H2,1-2H3. The number of piperidine rings is 1. The van der Waals surface area contributed by atoms with Gasteiger partial charge in [-0.25, -0.2) is 4.52 Å². The van der Waals surface area contributed by atoms with Crippen molar-refractivity contribution in [3.05, 3.63) is 59.5 Å². The zero-order chi connectivity index (χ0) is 23.2. The Bertz CT molecular complexity index is 1200. The highest BCUT2D eigenvalue weighted by Crippen LogP contribution is 2.44. The quantitative estimate of drug-likeness (QED) is 0.629. The molecule has 6 rings (SSSR count). The van der Waals surface area contributed by atoms with Gasteiger partial charge < -0.3 is 14.7 Å². The number of hydrogen-bond donors (Lipinski definition) is 0. The number of hydrogen-bond acceptors (Lipinski definition) is 5. The van der Waals surface area contributed by atoms with Crippen molar-refractivity contribution in [3.8, 4) is 0 Å². The predicted molar refractivity (Wildman–Crippen MR) is 137 cm³/mol. The maximum absolute atomic E-state index is 13.2. The molecule has 178 valence electrons. The van der Waals surface area contributed by atoms with Crippen molar-refractivity contribution in [3.63, 3.8) is 0 Å². The van der Waals surface area contributed by atoms with Crippen LogP contribution in [0.15, 0.2) is 42.4 Å². The maximum atomic E-state index is 13.2. The van der Waals surface area contributed by atoms with Gasteiger partial charge in [0, 0.05) is 36.7 Å². The minimum absolute atomic E-state index is 0.0506. The number of amides is 1. The van der Waals surface area contributed by atoms with Crippen molar-refractivity contribution in [1.82, 2.24) is 29.3 Å². The summed E-state index contributed by atoms with van der Waals surface area (Å²) in [7, 11) is 0.477. The molecule has 0 spiro atoms. The normalized spacial score (nSPS) is 24.8. The smallest absolute Gasteiger partial charge is 0.252 e. The predicted octanol–water partition coefficient (Wildman–Crippen LogP) is 3.76. The summed E-state index contributed by atoms with van der Waals surface area (Å²) >= 11 is 0. The first-order valence-electron chi connectivity index (χ1n) is 12.6. The molecule has 4 aliphatic rings. The van der Waals surface area contributed by atoms with Gasteiger partial charge in [-0.2, -0.15) is 5.10 Å². The first-order chi connectivity index (χ1) is 16.6. The van der Waals surface area contributed by atoms with E-state index in [0.717, 1.165) is 53.5 Å². The molecule has 34 heavy (non-hydrogen) atoms. The largest absolute Gasteiger partial charge is 0.370 e. The van der Waals surface area contributed by atoms with E-state index in [-0.39, 0.29) is 11.7 Å². The molecule has 0 N–H and O–H groups in total. The molecule has 7 nitrogen and oxygen atoms in total. The fourth-order valence-corrected chi connectivity index (χ4v) is 7.10. The Labute approximate surface area is 203 Å². The fraction of sp³-hybridized carbons (Fsp3) is 0.500. The molecule has 0 aromatic carbocycles. The van der Waals surface area contributed by atoms with Crippen LogP contribution in [0.1, 0.15) is 49.7 Å². The highest BCUT2D eigenvalue weighted by Gasteiger charge is 2.32. The van der Waals surface area contributed by atoms with Crippen molar-refractivity contribution in [1.29, 1.82) is 0 Å². The van der Waals surface area contributed by atoms with Crippen LogP contribution >= 0.6 is 8.58 Å². The molecular formula is C26H33N6OP. The topological polar surface area (TPSA) is 57.0 Å². The fourth-order valence-electron chi connectivity index (χ4n) is 5.77. The Kier molecular flexibility index (Phi) is 5.78. The van der Waals surface area contributed by atoms with Gasteiger partial charge in [-0.3, -0.25) is 9.78 Å². The summed E-state index contributed by atoms with van der Waals surface area (Å²) in [6, 6.07) is 2.83. The molecule has 4 aliphatic heterocycles. The molecule has 8 heteroatoms. The third-order valence-electron chi connectivity index (χ3n) is 7.60. The highest BCUT2D eigenvalue weighted by molar-refractivity contribution is 7.51. The number of aryl methyl sites for hydroxylation is 2. The van der Waals surface area contributed by atoms with E-state index in [9.17, 15) is 4.79 Å². The summed E-state index contributed by atoms with van der Waals surface area (Å²) in [4.78, 5) is 24.9. The zero-order valence-electron chi connectivity index (χ0n) is 20.1. The molecule has 2 aromatic rings. The molecule has 6 heterocycles. The molecule has 0 aliphatic carbocycles. The first kappa shape index (κ1) is 22.0. The molecule has 0 bridgehead atoms. The lowest BCUT2D eigenvalue weighted by atomic mass is 10.0. The molecule has 1 amide bonds. The molecule has 2 aromatic heterocycles. The number of carbonyl (C=O) groups excluding carboxylic acids is 1. The molecule has 2 fully saturated rings. The van der Waals surface area contributed by atoms with Gasteiger partial charge in [-0.15, -0.1) is 0 Å². The summed E-state index contributed by atoms with van der Waals surface area (Å²) in [5.41, 5.74) is 5.10. The molecular weight excluding hydrogens is 443 g/mol. The maximum Gasteiger partial charge on any atom is 0.252 e. The van der Waals surface area contributed by atoms with Gasteiger partial charge in [-0.05, 0) is 64.3 Å². The Morgan fingerprint density at radius 1 is 1.15 bits per heavy atom. The average Bonchev–Trinajstić information content (AvgIpc) is 3.54. The van der Waals surface area contributed by atoms with E-state index < -0.39 is 0 Å². The lowest BCUT2D eigenvalue weighted by Gasteiger charge is -2.40. The van der Waals surface area contributed by atoms with E-state index >= 15 is 0 Å². The molecule has 2 unspecified atom stereocenters. The van der Waals surface area contributed by atoms with Gasteiger partial charge in [0.1, 0.15) is 0 Å². The van der Waals surface area contributed by atoms with Crippen molar-refractivity contribution < 1.29 is 4.79 Å². The summed E-state index contributed by atoms with van der Waals surface area (Å²) in [6.07, 6.45) is 16.3. The van der Waals surface area contributed by atoms with Crippen LogP contribution in [0.25, 0.3) is 10.8 Å². The number of aromatic nitrogens is 3. The Morgan fingerprint density at radius 3 is 2.71 bits per heavy atom. The van der Waals surface area contributed by atoms with E-state index in [1.165, 1.54) is 44.5 Å². The number of fused-ring (bicyclic) bond motifs is 2. The highest BCUT2D eigenvalue weighted by atomic mass is 31.1. The summed E-state index contributed by atoms with van der Waals surface area (Å²) < 4.78 is 1.92. The van der Waals surface area contributed by atoms with E-state index in [1.807, 2.05) is 22.5 Å². The second-order valence-corrected chi connectivity index (χ2v) is 11.2. The third kappa shape index (κ3) is 3.99. The number of carbonyl (C=O) groups is 1. The minimum Gasteiger partial charge on any atom is -0.370 e. The van der Waals surface area contributed by atoms with Crippen molar-refractivity contribution in [2.45, 2.75) is 57.8 Å². The van der Waals surface area contributed by atoms with Gasteiger partial charge in [0.25, 0.3) is 5.91 Å². The van der Waals surface area contributed by atoms with Gasteiger partial charge >= 0.3 is 0 Å². The van der Waals surface area contributed by atoms with Crippen LogP contribution in [0.3, 0.4) is 0 Å². The Morgan fingerprint density at radius 2 is 1.94 bits per heavy atom. The Hall–Kier alpha value is -2.50. The lowest BCUT2D eigenvalue weighted by Crippen LogP contribution is -2.44. The second kappa shape index (κ2) is 8.94. The molecule has 0 radical (unpaired) electrons. The average molecular weight is 477 g/mol. The summed E-state index contributed by atoms with van der Waals surface area (Å²) in [5, 5.41) is 5.83. The summed E-state index contributed by atoms with van der Waals surface area (Å²) in [6.45, 7) is 8.80. The third-order valence-corrected chi connectivity index (χ3v) is 9.07. The molecule has 2 atom stereocenters. The van der Waals surface area contributed by atoms with Crippen LogP contribution < -0.4 is 0 Å². The van der Waals surface area contributed by atoms with E-state index in [1.54, 1.807) is 6.08 Å². The van der Waals surface area contributed by atoms with Gasteiger partial charge in [0.2, 0.25) is 0 Å². The van der Waals surface area contributed by atoms with Crippen LogP contribution in [-0.4, -0.2) is 73.2 Å². The van der Waals surface area contributed by atoms with Crippen LogP contribution in [0.2, 0.25) is 0 Å². The number of allylic oxidation sites excluding steroid dienone is 1. The number of likely N-dealkylation sites (tertiary alicyclic amines) is 2. The van der Waals surface area contributed by atoms with E-state index in [2.05, 4.69) is 46.1 Å². The van der Waals surface area contributed by atoms with Crippen molar-refractivity contribution in [2.24, 2.45) is 0 Å². The van der Waals surface area contributed by atoms with Gasteiger partial charge in [0.05, 0.1) is 40.3 Å². The van der Waals surface area contributed by atoms with Crippen LogP contribution in [0.5, 0.6) is 0 Å². The first-order valence-corrected chi connectivity index (χ1v) is 13.7. The summed E-state index contributed by atoms with van der Waals surface area (Å²) in [5.74, 6) is 0.128. The lowest BCUT2D eigenvalue weighted by molar-refractivity contribution is -0.123. The van der Waals surface area contributed by atoms with Gasteiger partial charge in [0.15, 0.2) is 0 Å².